The number of rotatable bonds is 3. The van der Waals surface area contributed by atoms with Gasteiger partial charge in [0.1, 0.15) is 12.4 Å². The quantitative estimate of drug-likeness (QED) is 0.605. The first kappa shape index (κ1) is 11.9. The first-order chi connectivity index (χ1) is 8.88. The van der Waals surface area contributed by atoms with Crippen LogP contribution in [0.2, 0.25) is 0 Å². The Balaban J connectivity index is 1.96. The highest BCUT2D eigenvalue weighted by molar-refractivity contribution is 5.73. The summed E-state index contributed by atoms with van der Waals surface area (Å²) in [5.41, 5.74) is 1.93. The Morgan fingerprint density at radius 3 is 2.39 bits per heavy atom. The van der Waals surface area contributed by atoms with Gasteiger partial charge in [-0.15, -0.1) is 0 Å². The Labute approximate surface area is 106 Å². The molecule has 88 valence electrons. The van der Waals surface area contributed by atoms with E-state index in [-0.39, 0.29) is 0 Å². The molecule has 0 atom stereocenters. The highest BCUT2D eigenvalue weighted by atomic mass is 16.5. The van der Waals surface area contributed by atoms with Crippen LogP contribution < -0.4 is 4.74 Å². The third-order valence-corrected chi connectivity index (χ3v) is 2.38. The van der Waals surface area contributed by atoms with Crippen molar-refractivity contribution in [2.45, 2.75) is 6.61 Å². The molecule has 0 aliphatic heterocycles. The third kappa shape index (κ3) is 3.50. The van der Waals surface area contributed by atoms with E-state index in [1.165, 1.54) is 0 Å². The molecule has 0 unspecified atom stereocenters. The van der Waals surface area contributed by atoms with E-state index in [2.05, 4.69) is 11.8 Å². The number of hydrogen-bond donors (Lipinski definition) is 0. The highest BCUT2D eigenvalue weighted by Gasteiger charge is 1.95. The first-order valence-electron chi connectivity index (χ1n) is 5.60. The number of carbonyl (C=O) groups excluding carboxylic acids is 1. The van der Waals surface area contributed by atoms with Gasteiger partial charge < -0.3 is 4.74 Å². The number of aldehydes is 1. The molecule has 0 aliphatic rings. The Morgan fingerprint density at radius 2 is 1.72 bits per heavy atom. The standard InChI is InChI=1S/C16H12O2/c17-12-4-7-14-8-10-16(11-9-14)18-13-15-5-2-1-3-6-15/h1-3,5-6,8-12H,13H2. The molecule has 0 saturated carbocycles. The van der Waals surface area contributed by atoms with Crippen molar-refractivity contribution < 1.29 is 9.53 Å². The van der Waals surface area contributed by atoms with Gasteiger partial charge in [-0.25, -0.2) is 0 Å². The van der Waals surface area contributed by atoms with Crippen LogP contribution in [0.25, 0.3) is 0 Å². The van der Waals surface area contributed by atoms with Gasteiger partial charge in [0, 0.05) is 5.56 Å². The third-order valence-electron chi connectivity index (χ3n) is 2.38. The monoisotopic (exact) mass is 236 g/mol. The SMILES string of the molecule is O=CC#Cc1ccc(OCc2ccccc2)cc1. The predicted octanol–water partition coefficient (Wildman–Crippen LogP) is 2.82. The van der Waals surface area contributed by atoms with Crippen molar-refractivity contribution >= 4 is 6.29 Å². The van der Waals surface area contributed by atoms with E-state index < -0.39 is 0 Å². The van der Waals surface area contributed by atoms with E-state index in [9.17, 15) is 4.79 Å². The van der Waals surface area contributed by atoms with Crippen molar-refractivity contribution in [2.24, 2.45) is 0 Å². The predicted molar refractivity (Wildman–Crippen MR) is 70.2 cm³/mol. The van der Waals surface area contributed by atoms with Gasteiger partial charge in [0.05, 0.1) is 0 Å². The van der Waals surface area contributed by atoms with Crippen molar-refractivity contribution in [1.82, 2.24) is 0 Å². The minimum absolute atomic E-state index is 0.542. The minimum Gasteiger partial charge on any atom is -0.489 e. The average Bonchev–Trinajstić information content (AvgIpc) is 2.45. The zero-order valence-corrected chi connectivity index (χ0v) is 9.80. The van der Waals surface area contributed by atoms with Gasteiger partial charge in [-0.3, -0.25) is 4.79 Å². The van der Waals surface area contributed by atoms with Crippen LogP contribution in [0.4, 0.5) is 0 Å². The molecule has 0 aromatic heterocycles. The largest absolute Gasteiger partial charge is 0.489 e. The van der Waals surface area contributed by atoms with E-state index in [0.29, 0.717) is 12.9 Å². The van der Waals surface area contributed by atoms with E-state index in [0.717, 1.165) is 16.9 Å². The zero-order chi connectivity index (χ0) is 12.6. The van der Waals surface area contributed by atoms with Crippen molar-refractivity contribution in [3.8, 4) is 17.6 Å². The van der Waals surface area contributed by atoms with E-state index in [4.69, 9.17) is 4.74 Å². The minimum atomic E-state index is 0.542. The molecule has 0 fully saturated rings. The van der Waals surface area contributed by atoms with Gasteiger partial charge in [0.2, 0.25) is 0 Å². The molecule has 2 rings (SSSR count). The molecule has 0 spiro atoms. The van der Waals surface area contributed by atoms with Crippen LogP contribution in [0.15, 0.2) is 54.6 Å². The number of hydrogen-bond acceptors (Lipinski definition) is 2. The fourth-order valence-corrected chi connectivity index (χ4v) is 1.49. The number of carbonyl (C=O) groups is 1. The van der Waals surface area contributed by atoms with Crippen LogP contribution in [-0.4, -0.2) is 6.29 Å². The average molecular weight is 236 g/mol. The summed E-state index contributed by atoms with van der Waals surface area (Å²) in [6.45, 7) is 0.542. The lowest BCUT2D eigenvalue weighted by molar-refractivity contribution is -0.103. The normalized spacial score (nSPS) is 9.11. The first-order valence-corrected chi connectivity index (χ1v) is 5.60. The van der Waals surface area contributed by atoms with Crippen LogP contribution in [0.1, 0.15) is 11.1 Å². The van der Waals surface area contributed by atoms with E-state index in [1.807, 2.05) is 54.6 Å². The van der Waals surface area contributed by atoms with Crippen molar-refractivity contribution in [1.29, 1.82) is 0 Å². The van der Waals surface area contributed by atoms with Crippen molar-refractivity contribution in [3.05, 3.63) is 65.7 Å². The highest BCUT2D eigenvalue weighted by Crippen LogP contribution is 2.13. The maximum atomic E-state index is 10.1. The lowest BCUT2D eigenvalue weighted by atomic mass is 10.2. The summed E-state index contributed by atoms with van der Waals surface area (Å²) in [5, 5.41) is 0. The fourth-order valence-electron chi connectivity index (χ4n) is 1.49. The number of ether oxygens (including phenoxy) is 1. The smallest absolute Gasteiger partial charge is 0.193 e. The van der Waals surface area contributed by atoms with Gasteiger partial charge in [0.25, 0.3) is 0 Å². The van der Waals surface area contributed by atoms with Crippen LogP contribution in [-0.2, 0) is 11.4 Å². The van der Waals surface area contributed by atoms with Gasteiger partial charge in [0.15, 0.2) is 6.29 Å². The molecule has 18 heavy (non-hydrogen) atoms. The molecule has 2 heteroatoms. The Bertz CT molecular complexity index is 560. The van der Waals surface area contributed by atoms with E-state index in [1.54, 1.807) is 0 Å². The van der Waals surface area contributed by atoms with Crippen LogP contribution in [0, 0.1) is 11.8 Å². The maximum Gasteiger partial charge on any atom is 0.193 e. The lowest BCUT2D eigenvalue weighted by Crippen LogP contribution is -1.94. The molecule has 0 radical (unpaired) electrons. The Hall–Kier alpha value is -2.53. The zero-order valence-electron chi connectivity index (χ0n) is 9.80. The van der Waals surface area contributed by atoms with Crippen LogP contribution in [0.3, 0.4) is 0 Å². The molecule has 0 amide bonds. The van der Waals surface area contributed by atoms with Crippen LogP contribution in [0.5, 0.6) is 5.75 Å². The summed E-state index contributed by atoms with van der Waals surface area (Å²) in [6, 6.07) is 17.3. The molecule has 0 heterocycles. The van der Waals surface area contributed by atoms with Gasteiger partial charge in [-0.05, 0) is 35.7 Å². The van der Waals surface area contributed by atoms with Crippen molar-refractivity contribution in [3.63, 3.8) is 0 Å². The molecule has 0 saturated heterocycles. The number of benzene rings is 2. The molecule has 2 nitrogen and oxygen atoms in total. The Morgan fingerprint density at radius 1 is 1.00 bits per heavy atom. The van der Waals surface area contributed by atoms with Gasteiger partial charge >= 0.3 is 0 Å². The Kier molecular flexibility index (Phi) is 4.16. The topological polar surface area (TPSA) is 26.3 Å². The van der Waals surface area contributed by atoms with E-state index >= 15 is 0 Å². The molecule has 2 aromatic carbocycles. The summed E-state index contributed by atoms with van der Waals surface area (Å²) in [4.78, 5) is 10.1. The molecule has 0 bridgehead atoms. The molecule has 0 aliphatic carbocycles. The lowest BCUT2D eigenvalue weighted by Gasteiger charge is -2.05. The molecular formula is C16H12O2. The fraction of sp³-hybridized carbons (Fsp3) is 0.0625. The second-order valence-electron chi connectivity index (χ2n) is 3.69. The van der Waals surface area contributed by atoms with Gasteiger partial charge in [-0.2, -0.15) is 0 Å². The summed E-state index contributed by atoms with van der Waals surface area (Å²) in [6.07, 6.45) is 0.583. The van der Waals surface area contributed by atoms with Crippen LogP contribution >= 0.6 is 0 Å². The second kappa shape index (κ2) is 6.27. The molecule has 2 aromatic rings. The molecular weight excluding hydrogens is 224 g/mol. The summed E-state index contributed by atoms with van der Waals surface area (Å²) < 4.78 is 5.63. The van der Waals surface area contributed by atoms with Crippen molar-refractivity contribution in [2.75, 3.05) is 0 Å². The maximum absolute atomic E-state index is 10.1. The second-order valence-corrected chi connectivity index (χ2v) is 3.69. The summed E-state index contributed by atoms with van der Waals surface area (Å²) >= 11 is 0. The summed E-state index contributed by atoms with van der Waals surface area (Å²) in [7, 11) is 0. The summed E-state index contributed by atoms with van der Waals surface area (Å²) in [5.74, 6) is 5.88. The molecule has 0 N–H and O–H groups in total. The van der Waals surface area contributed by atoms with Gasteiger partial charge in [-0.1, -0.05) is 36.3 Å².